The van der Waals surface area contributed by atoms with Crippen molar-refractivity contribution in [1.82, 2.24) is 20.1 Å². The summed E-state index contributed by atoms with van der Waals surface area (Å²) < 4.78 is 5.82. The van der Waals surface area contributed by atoms with Crippen molar-refractivity contribution < 1.29 is 19.1 Å². The molecule has 2 aromatic carbocycles. The summed E-state index contributed by atoms with van der Waals surface area (Å²) in [6, 6.07) is 16.1. The van der Waals surface area contributed by atoms with Gasteiger partial charge in [-0.3, -0.25) is 19.8 Å². The first-order chi connectivity index (χ1) is 18.6. The number of nitrogens with zero attached hydrogens (tertiary/aromatic N) is 2. The minimum atomic E-state index is -0.641. The zero-order valence-corrected chi connectivity index (χ0v) is 23.1. The van der Waals surface area contributed by atoms with Gasteiger partial charge in [0.2, 0.25) is 5.91 Å². The van der Waals surface area contributed by atoms with E-state index in [1.165, 1.54) is 4.90 Å². The van der Waals surface area contributed by atoms with Crippen LogP contribution in [0.25, 0.3) is 10.9 Å². The quantitative estimate of drug-likeness (QED) is 0.434. The molecule has 5 rings (SSSR count). The number of nitrogens with one attached hydrogen (secondary N) is 2. The van der Waals surface area contributed by atoms with Gasteiger partial charge in [0, 0.05) is 36.1 Å². The fraction of sp³-hybridized carbons (Fsp3) is 0.452. The number of fused-ring (bicyclic) bond motifs is 2. The third kappa shape index (κ3) is 5.71. The number of amides is 3. The van der Waals surface area contributed by atoms with Crippen LogP contribution in [0.4, 0.5) is 4.79 Å². The van der Waals surface area contributed by atoms with Crippen LogP contribution in [0, 0.1) is 5.92 Å². The van der Waals surface area contributed by atoms with Crippen molar-refractivity contribution in [1.29, 1.82) is 0 Å². The lowest BCUT2D eigenvalue weighted by Gasteiger charge is -2.50. The summed E-state index contributed by atoms with van der Waals surface area (Å²) in [6.07, 6.45) is 3.92. The molecule has 4 atom stereocenters. The number of urea groups is 1. The van der Waals surface area contributed by atoms with Gasteiger partial charge in [0.25, 0.3) is 0 Å². The van der Waals surface area contributed by atoms with E-state index in [-0.39, 0.29) is 36.5 Å². The topological polar surface area (TPSA) is 94.7 Å². The van der Waals surface area contributed by atoms with Gasteiger partial charge in [-0.1, -0.05) is 55.5 Å². The molecule has 0 radical (unpaired) electrons. The maximum absolute atomic E-state index is 13.6. The normalized spacial score (nSPS) is 22.6. The van der Waals surface area contributed by atoms with Gasteiger partial charge in [0.15, 0.2) is 0 Å². The summed E-state index contributed by atoms with van der Waals surface area (Å²) >= 11 is 0. The van der Waals surface area contributed by atoms with Crippen LogP contribution in [0.2, 0.25) is 0 Å². The number of H-pyrrole nitrogens is 1. The minimum absolute atomic E-state index is 0.177. The van der Waals surface area contributed by atoms with E-state index in [9.17, 15) is 14.4 Å². The summed E-state index contributed by atoms with van der Waals surface area (Å²) in [5.74, 6) is -0.919. The fourth-order valence-electron chi connectivity index (χ4n) is 5.96. The maximum Gasteiger partial charge on any atom is 0.327 e. The van der Waals surface area contributed by atoms with Gasteiger partial charge in [0.1, 0.15) is 11.6 Å². The molecule has 39 heavy (non-hydrogen) atoms. The predicted molar refractivity (Wildman–Crippen MR) is 150 cm³/mol. The lowest BCUT2D eigenvalue weighted by Crippen LogP contribution is -2.69. The van der Waals surface area contributed by atoms with Gasteiger partial charge in [-0.25, -0.2) is 4.79 Å². The van der Waals surface area contributed by atoms with Gasteiger partial charge >= 0.3 is 12.0 Å². The molecule has 0 aliphatic carbocycles. The first kappa shape index (κ1) is 26.9. The van der Waals surface area contributed by atoms with Crippen molar-refractivity contribution in [3.63, 3.8) is 0 Å². The zero-order chi connectivity index (χ0) is 27.7. The molecule has 1 unspecified atom stereocenters. The Balaban J connectivity index is 1.39. The number of para-hydroxylation sites is 1. The molecular formula is C31H38N4O4. The first-order valence-electron chi connectivity index (χ1n) is 13.8. The lowest BCUT2D eigenvalue weighted by atomic mass is 9.83. The standard InChI is InChI=1S/C31H38N4O4/c1-20-27-25(15-10-16-34(27)30(38)35(28(20)36)19-21-11-6-5-7-12-21)33-26(29(37)39-31(2,3)4)17-22-18-32-24-14-9-8-13-23(22)24/h5-9,11-14,18,20,25-27,32-33H,10,15-17,19H2,1-4H3/t20-,25-,26-,27?/m0/s1. The van der Waals surface area contributed by atoms with E-state index in [2.05, 4.69) is 10.3 Å². The van der Waals surface area contributed by atoms with Crippen LogP contribution < -0.4 is 5.32 Å². The highest BCUT2D eigenvalue weighted by Gasteiger charge is 2.49. The molecule has 1 aromatic heterocycles. The number of imide groups is 1. The molecule has 0 bridgehead atoms. The van der Waals surface area contributed by atoms with Crippen molar-refractivity contribution in [2.75, 3.05) is 6.54 Å². The number of aromatic nitrogens is 1. The van der Waals surface area contributed by atoms with Crippen molar-refractivity contribution >= 4 is 28.8 Å². The van der Waals surface area contributed by atoms with Crippen LogP contribution in [0.15, 0.2) is 60.8 Å². The average Bonchev–Trinajstić information content (AvgIpc) is 3.32. The van der Waals surface area contributed by atoms with E-state index in [1.54, 1.807) is 0 Å². The Labute approximate surface area is 229 Å². The number of hydrogen-bond acceptors (Lipinski definition) is 5. The molecule has 3 amide bonds. The van der Waals surface area contributed by atoms with Crippen molar-refractivity contribution in [3.8, 4) is 0 Å². The Morgan fingerprint density at radius 1 is 1.10 bits per heavy atom. The van der Waals surface area contributed by atoms with Gasteiger partial charge in [-0.15, -0.1) is 0 Å². The Kier molecular flexibility index (Phi) is 7.49. The molecular weight excluding hydrogens is 492 g/mol. The van der Waals surface area contributed by atoms with Crippen molar-refractivity contribution in [2.45, 2.75) is 77.2 Å². The number of aromatic amines is 1. The van der Waals surface area contributed by atoms with Gasteiger partial charge < -0.3 is 14.6 Å². The van der Waals surface area contributed by atoms with Crippen molar-refractivity contribution in [3.05, 3.63) is 71.9 Å². The molecule has 3 aromatic rings. The maximum atomic E-state index is 13.6. The number of rotatable bonds is 7. The number of esters is 1. The number of hydrogen-bond donors (Lipinski definition) is 2. The molecule has 2 aliphatic heterocycles. The summed E-state index contributed by atoms with van der Waals surface area (Å²) in [5.41, 5.74) is 2.30. The molecule has 0 saturated carbocycles. The molecule has 0 spiro atoms. The van der Waals surface area contributed by atoms with Crippen LogP contribution in [0.1, 0.15) is 51.7 Å². The Morgan fingerprint density at radius 2 is 1.82 bits per heavy atom. The van der Waals surface area contributed by atoms with Gasteiger partial charge in [0.05, 0.1) is 18.5 Å². The molecule has 2 fully saturated rings. The highest BCUT2D eigenvalue weighted by atomic mass is 16.6. The molecule has 3 heterocycles. The Hall–Kier alpha value is -3.65. The summed E-state index contributed by atoms with van der Waals surface area (Å²) in [5, 5.41) is 4.62. The monoisotopic (exact) mass is 530 g/mol. The van der Waals surface area contributed by atoms with Crippen LogP contribution >= 0.6 is 0 Å². The molecule has 8 nitrogen and oxygen atoms in total. The number of benzene rings is 2. The van der Waals surface area contributed by atoms with E-state index in [4.69, 9.17) is 4.74 Å². The predicted octanol–water partition coefficient (Wildman–Crippen LogP) is 4.64. The second-order valence-electron chi connectivity index (χ2n) is 11.7. The van der Waals surface area contributed by atoms with Crippen LogP contribution in [0.5, 0.6) is 0 Å². The smallest absolute Gasteiger partial charge is 0.327 e. The average molecular weight is 531 g/mol. The van der Waals surface area contributed by atoms with Crippen LogP contribution in [0.3, 0.4) is 0 Å². The Morgan fingerprint density at radius 3 is 2.56 bits per heavy atom. The molecule has 2 aliphatic rings. The molecule has 206 valence electrons. The van der Waals surface area contributed by atoms with Crippen LogP contribution in [-0.4, -0.2) is 63.0 Å². The van der Waals surface area contributed by atoms with E-state index in [0.717, 1.165) is 34.9 Å². The first-order valence-corrected chi connectivity index (χ1v) is 13.8. The Bertz CT molecular complexity index is 1350. The van der Waals surface area contributed by atoms with E-state index in [0.29, 0.717) is 13.0 Å². The van der Waals surface area contributed by atoms with Gasteiger partial charge in [-0.05, 0) is 50.8 Å². The zero-order valence-electron chi connectivity index (χ0n) is 23.1. The molecule has 2 saturated heterocycles. The number of carbonyl (C=O) groups is 3. The number of piperidine rings is 1. The lowest BCUT2D eigenvalue weighted by molar-refractivity contribution is -0.158. The second kappa shape index (κ2) is 10.8. The van der Waals surface area contributed by atoms with Gasteiger partial charge in [-0.2, -0.15) is 0 Å². The largest absolute Gasteiger partial charge is 0.459 e. The summed E-state index contributed by atoms with van der Waals surface area (Å²) in [6.45, 7) is 8.32. The highest BCUT2D eigenvalue weighted by Crippen LogP contribution is 2.32. The SMILES string of the molecule is C[C@@H]1C(=O)N(Cc2ccccc2)C(=O)N2CCC[C@H](N[C@@H](Cc3c[nH]c4ccccc34)C(=O)OC(C)(C)C)C12. The minimum Gasteiger partial charge on any atom is -0.459 e. The van der Waals surface area contributed by atoms with E-state index < -0.39 is 17.6 Å². The van der Waals surface area contributed by atoms with E-state index in [1.807, 2.05) is 93.4 Å². The van der Waals surface area contributed by atoms with Crippen LogP contribution in [-0.2, 0) is 27.3 Å². The molecule has 8 heteroatoms. The van der Waals surface area contributed by atoms with Crippen molar-refractivity contribution in [2.24, 2.45) is 5.92 Å². The number of carbonyl (C=O) groups excluding carboxylic acids is 3. The summed E-state index contributed by atoms with van der Waals surface area (Å²) in [4.78, 5) is 47.0. The third-order valence-corrected chi connectivity index (χ3v) is 7.72. The molecule has 2 N–H and O–H groups in total. The highest BCUT2D eigenvalue weighted by molar-refractivity contribution is 5.98. The number of ether oxygens (including phenoxy) is 1. The second-order valence-corrected chi connectivity index (χ2v) is 11.7. The fourth-order valence-corrected chi connectivity index (χ4v) is 5.96. The third-order valence-electron chi connectivity index (χ3n) is 7.72. The van der Waals surface area contributed by atoms with E-state index >= 15 is 0 Å². The summed E-state index contributed by atoms with van der Waals surface area (Å²) in [7, 11) is 0.